The second-order valence-electron chi connectivity index (χ2n) is 10.1. The molecule has 3 amide bonds. The number of benzene rings is 2. The highest BCUT2D eigenvalue weighted by atomic mass is 16.5. The molecule has 0 aliphatic heterocycles. The number of carbonyl (C=O) groups is 4. The van der Waals surface area contributed by atoms with Gasteiger partial charge in [-0.3, -0.25) is 19.6 Å². The summed E-state index contributed by atoms with van der Waals surface area (Å²) in [5.41, 5.74) is 15.9. The fourth-order valence-electron chi connectivity index (χ4n) is 4.44. The smallest absolute Gasteiger partial charge is 0.326 e. The second-order valence-corrected chi connectivity index (χ2v) is 10.1. The Hall–Kier alpha value is -5.90. The summed E-state index contributed by atoms with van der Waals surface area (Å²) in [4.78, 5) is 67.8. The molecule has 4 rings (SSSR count). The first-order valence-corrected chi connectivity index (χ1v) is 13.7. The number of nitrogens with one attached hydrogen (secondary N) is 3. The van der Waals surface area contributed by atoms with Crippen LogP contribution >= 0.6 is 0 Å². The number of carboxylic acids is 1. The number of anilines is 3. The van der Waals surface area contributed by atoms with Gasteiger partial charge in [0.1, 0.15) is 12.1 Å². The van der Waals surface area contributed by atoms with E-state index < -0.39 is 35.8 Å². The summed E-state index contributed by atoms with van der Waals surface area (Å²) in [6.07, 6.45) is 1.12. The molecule has 0 aliphatic rings. The number of nitrogens with zero attached hydrogens (tertiary/aromatic N) is 5. The SMILES string of the molecule is CN(Cc1cnc2nc(N)nc(N)c2n1)c1ccc(C(=O)N[C@@H](CCC(=O)N[C@@H](Cc2ccccc2)C(=O)NO)C(=O)O)cc1. The number of aliphatic carboxylic acids is 1. The normalized spacial score (nSPS) is 12.1. The van der Waals surface area contributed by atoms with Gasteiger partial charge in [0, 0.05) is 31.1 Å². The lowest BCUT2D eigenvalue weighted by atomic mass is 10.0. The van der Waals surface area contributed by atoms with Crippen LogP contribution in [0, 0.1) is 0 Å². The van der Waals surface area contributed by atoms with Gasteiger partial charge in [-0.25, -0.2) is 20.2 Å². The maximum atomic E-state index is 12.8. The summed E-state index contributed by atoms with van der Waals surface area (Å²) < 4.78 is 0. The highest BCUT2D eigenvalue weighted by molar-refractivity contribution is 5.97. The Morgan fingerprint density at radius 1 is 0.933 bits per heavy atom. The van der Waals surface area contributed by atoms with Crippen LogP contribution in [0.5, 0.6) is 0 Å². The summed E-state index contributed by atoms with van der Waals surface area (Å²) in [5, 5.41) is 23.6. The maximum Gasteiger partial charge on any atom is 0.326 e. The molecule has 0 radical (unpaired) electrons. The molecule has 0 aliphatic carbocycles. The first-order valence-electron chi connectivity index (χ1n) is 13.7. The molecule has 0 fully saturated rings. The Morgan fingerprint density at radius 2 is 1.64 bits per heavy atom. The molecule has 0 bridgehead atoms. The Kier molecular flexibility index (Phi) is 10.3. The first-order chi connectivity index (χ1) is 21.5. The largest absolute Gasteiger partial charge is 0.480 e. The number of amides is 3. The summed E-state index contributed by atoms with van der Waals surface area (Å²) in [6.45, 7) is 0.341. The van der Waals surface area contributed by atoms with Crippen molar-refractivity contribution in [2.45, 2.75) is 37.9 Å². The van der Waals surface area contributed by atoms with Crippen molar-refractivity contribution in [3.05, 3.63) is 77.6 Å². The van der Waals surface area contributed by atoms with Gasteiger partial charge in [-0.2, -0.15) is 9.97 Å². The minimum absolute atomic E-state index is 0.000778. The van der Waals surface area contributed by atoms with Gasteiger partial charge in [-0.15, -0.1) is 0 Å². The molecule has 16 nitrogen and oxygen atoms in total. The van der Waals surface area contributed by atoms with E-state index >= 15 is 0 Å². The van der Waals surface area contributed by atoms with E-state index in [0.29, 0.717) is 17.8 Å². The number of carboxylic acid groups (broad SMARTS) is 1. The van der Waals surface area contributed by atoms with Crippen molar-refractivity contribution >= 4 is 52.3 Å². The second kappa shape index (κ2) is 14.5. The third-order valence-corrected chi connectivity index (χ3v) is 6.78. The van der Waals surface area contributed by atoms with Crippen LogP contribution in [-0.2, 0) is 27.3 Å². The van der Waals surface area contributed by atoms with Gasteiger partial charge >= 0.3 is 5.97 Å². The lowest BCUT2D eigenvalue weighted by Crippen LogP contribution is -2.48. The predicted octanol–water partition coefficient (Wildman–Crippen LogP) is 0.417. The van der Waals surface area contributed by atoms with Crippen molar-refractivity contribution in [2.24, 2.45) is 0 Å². The van der Waals surface area contributed by atoms with Crippen LogP contribution in [0.1, 0.15) is 34.5 Å². The standard InChI is InChI=1S/C29H32N10O6/c1-39(15-18-14-32-25-23(33-18)24(30)36-29(31)37-25)19-9-7-17(8-10-19)26(41)35-20(28(43)44)11-12-22(40)34-21(27(42)38-45)13-16-5-3-2-4-6-16/h2-10,14,20-21,45H,11-13,15H2,1H3,(H,34,40)(H,35,41)(H,38,42)(H,43,44)(H4,30,31,32,36,37)/t20-,21-/m0/s1. The van der Waals surface area contributed by atoms with Crippen LogP contribution in [0.4, 0.5) is 17.5 Å². The third-order valence-electron chi connectivity index (χ3n) is 6.78. The molecule has 0 saturated heterocycles. The van der Waals surface area contributed by atoms with Gasteiger partial charge in [0.2, 0.25) is 11.9 Å². The average Bonchev–Trinajstić information content (AvgIpc) is 3.02. The average molecular weight is 617 g/mol. The molecular formula is C29H32N10O6. The van der Waals surface area contributed by atoms with Crippen LogP contribution in [0.25, 0.3) is 11.2 Å². The monoisotopic (exact) mass is 616 g/mol. The topological polar surface area (TPSA) is 252 Å². The van der Waals surface area contributed by atoms with Crippen LogP contribution in [-0.4, -0.2) is 73.1 Å². The van der Waals surface area contributed by atoms with Crippen molar-refractivity contribution < 1.29 is 29.5 Å². The molecule has 2 aromatic heterocycles. The first kappa shape index (κ1) is 32.0. The number of hydroxylamine groups is 1. The van der Waals surface area contributed by atoms with Gasteiger partial charge in [0.05, 0.1) is 18.4 Å². The van der Waals surface area contributed by atoms with Crippen LogP contribution in [0.3, 0.4) is 0 Å². The third kappa shape index (κ3) is 8.57. The van der Waals surface area contributed by atoms with Crippen LogP contribution in [0.15, 0.2) is 60.8 Å². The molecule has 2 atom stereocenters. The van der Waals surface area contributed by atoms with Gasteiger partial charge < -0.3 is 32.1 Å². The van der Waals surface area contributed by atoms with Crippen molar-refractivity contribution in [1.29, 1.82) is 0 Å². The number of aromatic nitrogens is 4. The number of fused-ring (bicyclic) bond motifs is 1. The fourth-order valence-corrected chi connectivity index (χ4v) is 4.44. The molecule has 45 heavy (non-hydrogen) atoms. The van der Waals surface area contributed by atoms with Crippen LogP contribution < -0.4 is 32.5 Å². The van der Waals surface area contributed by atoms with E-state index in [1.165, 1.54) is 17.6 Å². The Labute approximate surface area is 256 Å². The molecule has 0 spiro atoms. The number of carbonyl (C=O) groups excluding carboxylic acids is 3. The quantitative estimate of drug-likeness (QED) is 0.0795. The summed E-state index contributed by atoms with van der Waals surface area (Å²) in [6, 6.07) is 12.8. The Bertz CT molecular complexity index is 1690. The minimum Gasteiger partial charge on any atom is -0.480 e. The van der Waals surface area contributed by atoms with E-state index in [9.17, 15) is 24.3 Å². The van der Waals surface area contributed by atoms with Crippen molar-refractivity contribution in [2.75, 3.05) is 23.4 Å². The molecule has 9 N–H and O–H groups in total. The minimum atomic E-state index is -1.37. The number of nitrogen functional groups attached to an aromatic ring is 2. The van der Waals surface area contributed by atoms with Crippen molar-refractivity contribution in [3.63, 3.8) is 0 Å². The Morgan fingerprint density at radius 3 is 2.31 bits per heavy atom. The summed E-state index contributed by atoms with van der Waals surface area (Å²) in [5.74, 6) is -3.30. The molecular weight excluding hydrogens is 584 g/mol. The summed E-state index contributed by atoms with van der Waals surface area (Å²) >= 11 is 0. The van der Waals surface area contributed by atoms with Gasteiger partial charge in [-0.05, 0) is 36.2 Å². The zero-order valence-corrected chi connectivity index (χ0v) is 24.2. The molecule has 2 heterocycles. The summed E-state index contributed by atoms with van der Waals surface area (Å²) in [7, 11) is 1.81. The maximum absolute atomic E-state index is 12.8. The lowest BCUT2D eigenvalue weighted by molar-refractivity contribution is -0.139. The van der Waals surface area contributed by atoms with Gasteiger partial charge in [0.15, 0.2) is 17.0 Å². The van der Waals surface area contributed by atoms with E-state index in [0.717, 1.165) is 11.3 Å². The van der Waals surface area contributed by atoms with E-state index in [2.05, 4.69) is 30.6 Å². The lowest BCUT2D eigenvalue weighted by Gasteiger charge is -2.20. The fraction of sp³-hybridized carbons (Fsp3) is 0.241. The van der Waals surface area contributed by atoms with Crippen molar-refractivity contribution in [1.82, 2.24) is 36.0 Å². The number of hydrogen-bond acceptors (Lipinski definition) is 12. The molecule has 2 aromatic carbocycles. The predicted molar refractivity (Wildman–Crippen MR) is 163 cm³/mol. The number of hydrogen-bond donors (Lipinski definition) is 7. The number of rotatable bonds is 13. The zero-order chi connectivity index (χ0) is 32.5. The van der Waals surface area contributed by atoms with Crippen LogP contribution in [0.2, 0.25) is 0 Å². The van der Waals surface area contributed by atoms with E-state index in [-0.39, 0.29) is 42.2 Å². The molecule has 4 aromatic rings. The van der Waals surface area contributed by atoms with E-state index in [1.807, 2.05) is 11.9 Å². The number of nitrogens with two attached hydrogens (primary N) is 2. The van der Waals surface area contributed by atoms with Gasteiger partial charge in [-0.1, -0.05) is 30.3 Å². The molecule has 234 valence electrons. The van der Waals surface area contributed by atoms with E-state index in [1.54, 1.807) is 48.7 Å². The zero-order valence-electron chi connectivity index (χ0n) is 24.2. The van der Waals surface area contributed by atoms with E-state index in [4.69, 9.17) is 16.7 Å². The highest BCUT2D eigenvalue weighted by Crippen LogP contribution is 2.19. The highest BCUT2D eigenvalue weighted by Gasteiger charge is 2.25. The molecule has 0 saturated carbocycles. The Balaban J connectivity index is 1.32. The molecule has 16 heteroatoms. The molecule has 0 unspecified atom stereocenters. The van der Waals surface area contributed by atoms with Gasteiger partial charge in [0.25, 0.3) is 11.8 Å². The van der Waals surface area contributed by atoms with Crippen molar-refractivity contribution in [3.8, 4) is 0 Å².